The number of hydrogen-bond acceptors (Lipinski definition) is 7. The molecule has 3 heterocycles. The molecule has 5 atom stereocenters. The van der Waals surface area contributed by atoms with E-state index in [1.54, 1.807) is 29.5 Å². The van der Waals surface area contributed by atoms with Crippen LogP contribution in [0.2, 0.25) is 0 Å². The summed E-state index contributed by atoms with van der Waals surface area (Å²) in [5.74, 6) is -1.95. The minimum atomic E-state index is -1.68. The molecule has 5 rings (SSSR count). The molecule has 1 aromatic heterocycles. The third-order valence-corrected chi connectivity index (χ3v) is 7.77. The Hall–Kier alpha value is -2.17. The van der Waals surface area contributed by atoms with Crippen molar-refractivity contribution in [2.75, 3.05) is 13.2 Å². The number of aliphatic hydroxyl groups is 4. The number of benzene rings is 2. The number of hydrogen-bond donors (Lipinski definition) is 4. The van der Waals surface area contributed by atoms with E-state index >= 15 is 0 Å². The molecule has 0 aliphatic carbocycles. The first kappa shape index (κ1) is 22.6. The highest BCUT2D eigenvalue weighted by Crippen LogP contribution is 2.49. The fourth-order valence-electron chi connectivity index (χ4n) is 4.58. The number of halogens is 1. The van der Waals surface area contributed by atoms with Gasteiger partial charge >= 0.3 is 0 Å². The van der Waals surface area contributed by atoms with Gasteiger partial charge in [0.2, 0.25) is 5.79 Å². The molecule has 2 saturated heterocycles. The van der Waals surface area contributed by atoms with Gasteiger partial charge in [0, 0.05) is 21.7 Å². The van der Waals surface area contributed by atoms with Crippen LogP contribution in [-0.2, 0) is 21.7 Å². The summed E-state index contributed by atoms with van der Waals surface area (Å²) in [4.78, 5) is 2.14. The summed E-state index contributed by atoms with van der Waals surface area (Å²) in [5.41, 5.74) is 1.97. The second-order valence-corrected chi connectivity index (χ2v) is 9.92. The molecule has 2 aromatic carbocycles. The monoisotopic (exact) mass is 472 g/mol. The maximum absolute atomic E-state index is 13.2. The van der Waals surface area contributed by atoms with E-state index in [-0.39, 0.29) is 12.4 Å². The molecule has 0 amide bonds. The van der Waals surface area contributed by atoms with E-state index in [0.717, 1.165) is 26.4 Å². The van der Waals surface area contributed by atoms with Gasteiger partial charge in [0.25, 0.3) is 0 Å². The fraction of sp³-hybridized carbons (Fsp3) is 0.360. The summed E-state index contributed by atoms with van der Waals surface area (Å²) in [5, 5.41) is 41.4. The molecule has 0 radical (unpaired) electrons. The van der Waals surface area contributed by atoms with Crippen molar-refractivity contribution in [3.05, 3.63) is 82.0 Å². The molecule has 0 saturated carbocycles. The lowest BCUT2D eigenvalue weighted by Crippen LogP contribution is -2.65. The molecule has 6 nitrogen and oxygen atoms in total. The second-order valence-electron chi connectivity index (χ2n) is 8.75. The molecule has 3 aromatic rings. The summed E-state index contributed by atoms with van der Waals surface area (Å²) in [6.07, 6.45) is -3.92. The van der Waals surface area contributed by atoms with E-state index in [1.807, 2.05) is 31.2 Å². The van der Waals surface area contributed by atoms with Crippen LogP contribution in [0.3, 0.4) is 0 Å². The molecular weight excluding hydrogens is 447 g/mol. The Bertz CT molecular complexity index is 1160. The quantitative estimate of drug-likeness (QED) is 0.456. The zero-order chi connectivity index (χ0) is 23.4. The summed E-state index contributed by atoms with van der Waals surface area (Å²) in [6, 6.07) is 15.9. The van der Waals surface area contributed by atoms with Crippen molar-refractivity contribution in [1.82, 2.24) is 0 Å². The van der Waals surface area contributed by atoms with Crippen molar-refractivity contribution in [3.8, 4) is 10.4 Å². The zero-order valence-electron chi connectivity index (χ0n) is 17.9. The van der Waals surface area contributed by atoms with Gasteiger partial charge in [0.15, 0.2) is 0 Å². The van der Waals surface area contributed by atoms with E-state index in [0.29, 0.717) is 12.0 Å². The predicted molar refractivity (Wildman–Crippen MR) is 120 cm³/mol. The highest BCUT2D eigenvalue weighted by Gasteiger charge is 2.67. The lowest BCUT2D eigenvalue weighted by molar-refractivity contribution is -0.329. The van der Waals surface area contributed by atoms with Gasteiger partial charge in [0.1, 0.15) is 29.7 Å². The largest absolute Gasteiger partial charge is 0.393 e. The normalized spacial score (nSPS) is 31.2. The molecule has 2 fully saturated rings. The molecule has 33 heavy (non-hydrogen) atoms. The average molecular weight is 473 g/mol. The summed E-state index contributed by atoms with van der Waals surface area (Å²) >= 11 is 1.61. The van der Waals surface area contributed by atoms with E-state index in [2.05, 4.69) is 0 Å². The number of ether oxygens (including phenoxy) is 2. The minimum Gasteiger partial charge on any atom is -0.393 e. The van der Waals surface area contributed by atoms with Crippen LogP contribution >= 0.6 is 11.3 Å². The van der Waals surface area contributed by atoms with Crippen LogP contribution in [0, 0.1) is 12.7 Å². The Morgan fingerprint density at radius 3 is 2.52 bits per heavy atom. The molecular formula is C25H25FO6S. The van der Waals surface area contributed by atoms with Crippen LogP contribution in [0.15, 0.2) is 54.6 Å². The molecule has 0 spiro atoms. The van der Waals surface area contributed by atoms with Gasteiger partial charge in [-0.05, 0) is 53.9 Å². The number of thiophene rings is 1. The highest BCUT2D eigenvalue weighted by molar-refractivity contribution is 7.15. The Kier molecular flexibility index (Phi) is 5.65. The van der Waals surface area contributed by atoms with Crippen LogP contribution in [0.1, 0.15) is 21.6 Å². The van der Waals surface area contributed by atoms with Crippen LogP contribution in [-0.4, -0.2) is 57.6 Å². The molecule has 8 heteroatoms. The van der Waals surface area contributed by atoms with Crippen LogP contribution in [0.25, 0.3) is 10.4 Å². The smallest absolute Gasteiger partial charge is 0.225 e. The number of rotatable bonds is 5. The molecule has 2 aliphatic heterocycles. The first-order valence-corrected chi connectivity index (χ1v) is 11.5. The van der Waals surface area contributed by atoms with Crippen molar-refractivity contribution in [2.24, 2.45) is 0 Å². The Labute approximate surface area is 194 Å². The van der Waals surface area contributed by atoms with E-state index in [1.165, 1.54) is 12.1 Å². The standard InChI is InChI=1S/C25H25FO6S/c1-14-2-5-17(25-23(30)21(28)22(29)24(12-27,32-25)13-31-25)10-16(14)11-19-8-9-20(33-19)15-3-6-18(26)7-4-15/h2-10,21-23,27-30H,11-13H2,1H3/t21-,22-,23+,24+,25+/m0/s1. The van der Waals surface area contributed by atoms with Crippen LogP contribution in [0.4, 0.5) is 4.39 Å². The molecule has 174 valence electrons. The van der Waals surface area contributed by atoms with Gasteiger partial charge < -0.3 is 29.9 Å². The zero-order valence-corrected chi connectivity index (χ0v) is 18.8. The molecule has 2 aliphatic rings. The molecule has 4 N–H and O–H groups in total. The van der Waals surface area contributed by atoms with Crippen molar-refractivity contribution >= 4 is 11.3 Å². The minimum absolute atomic E-state index is 0.159. The van der Waals surface area contributed by atoms with Gasteiger partial charge in [-0.1, -0.05) is 24.3 Å². The first-order chi connectivity index (χ1) is 15.8. The number of aliphatic hydroxyl groups excluding tert-OH is 4. The molecule has 2 bridgehead atoms. The topological polar surface area (TPSA) is 99.4 Å². The van der Waals surface area contributed by atoms with E-state index in [4.69, 9.17) is 9.47 Å². The molecule has 0 unspecified atom stereocenters. The van der Waals surface area contributed by atoms with Gasteiger partial charge in [-0.2, -0.15) is 0 Å². The lowest BCUT2D eigenvalue weighted by atomic mass is 9.83. The van der Waals surface area contributed by atoms with Crippen LogP contribution in [0.5, 0.6) is 0 Å². The predicted octanol–water partition coefficient (Wildman–Crippen LogP) is 2.48. The number of aryl methyl sites for hydroxylation is 1. The van der Waals surface area contributed by atoms with Gasteiger partial charge in [-0.15, -0.1) is 11.3 Å². The highest BCUT2D eigenvalue weighted by atomic mass is 32.1. The van der Waals surface area contributed by atoms with E-state index < -0.39 is 36.3 Å². The van der Waals surface area contributed by atoms with Crippen molar-refractivity contribution < 1.29 is 34.3 Å². The Balaban J connectivity index is 1.45. The van der Waals surface area contributed by atoms with Crippen molar-refractivity contribution in [2.45, 2.75) is 43.0 Å². The summed E-state index contributed by atoms with van der Waals surface area (Å²) in [6.45, 7) is 1.27. The fourth-order valence-corrected chi connectivity index (χ4v) is 5.62. The maximum Gasteiger partial charge on any atom is 0.225 e. The summed E-state index contributed by atoms with van der Waals surface area (Å²) < 4.78 is 25.0. The van der Waals surface area contributed by atoms with Crippen molar-refractivity contribution in [1.29, 1.82) is 0 Å². The lowest BCUT2D eigenvalue weighted by Gasteiger charge is -2.46. The average Bonchev–Trinajstić information content (AvgIpc) is 3.44. The van der Waals surface area contributed by atoms with Gasteiger partial charge in [-0.25, -0.2) is 4.39 Å². The summed E-state index contributed by atoms with van der Waals surface area (Å²) in [7, 11) is 0. The van der Waals surface area contributed by atoms with Gasteiger partial charge in [-0.3, -0.25) is 0 Å². The third-order valence-electron chi connectivity index (χ3n) is 6.64. The third kappa shape index (κ3) is 3.63. The Morgan fingerprint density at radius 2 is 1.79 bits per heavy atom. The second kappa shape index (κ2) is 8.25. The van der Waals surface area contributed by atoms with Crippen LogP contribution < -0.4 is 0 Å². The maximum atomic E-state index is 13.2. The number of fused-ring (bicyclic) bond motifs is 2. The van der Waals surface area contributed by atoms with Crippen molar-refractivity contribution in [3.63, 3.8) is 0 Å². The SMILES string of the molecule is Cc1ccc([C@@]23OC[C@@](CO)(O2)[C@@H](O)[C@H](O)[C@H]3O)cc1Cc1ccc(-c2ccc(F)cc2)s1. The first-order valence-electron chi connectivity index (χ1n) is 10.7. The van der Waals surface area contributed by atoms with Gasteiger partial charge in [0.05, 0.1) is 13.2 Å². The van der Waals surface area contributed by atoms with E-state index in [9.17, 15) is 24.8 Å². The Morgan fingerprint density at radius 1 is 1.03 bits per heavy atom.